The fourth-order valence-electron chi connectivity index (χ4n) is 3.76. The fraction of sp³-hybridized carbons (Fsp3) is 0.381. The van der Waals surface area contributed by atoms with E-state index in [9.17, 15) is 13.2 Å². The number of anilines is 1. The number of carbonyl (C=O) groups excluding carboxylic acids is 1. The molecule has 0 radical (unpaired) electrons. The van der Waals surface area contributed by atoms with Gasteiger partial charge in [-0.25, -0.2) is 8.42 Å². The topological polar surface area (TPSA) is 66.5 Å². The number of sulfonamides is 1. The van der Waals surface area contributed by atoms with Crippen LogP contribution in [0.15, 0.2) is 57.9 Å². The molecular weight excluding hydrogens is 440 g/mol. The third-order valence-corrected chi connectivity index (χ3v) is 7.37. The van der Waals surface area contributed by atoms with Gasteiger partial charge in [0.05, 0.1) is 4.90 Å². The molecule has 2 saturated carbocycles. The van der Waals surface area contributed by atoms with Crippen molar-refractivity contribution in [2.75, 3.05) is 11.8 Å². The number of nitrogens with one attached hydrogen (secondary N) is 1. The van der Waals surface area contributed by atoms with E-state index in [2.05, 4.69) is 20.7 Å². The molecule has 2 aliphatic rings. The third-order valence-electron chi connectivity index (χ3n) is 5.47. The van der Waals surface area contributed by atoms with E-state index in [1.807, 2.05) is 11.9 Å². The van der Waals surface area contributed by atoms with E-state index < -0.39 is 10.0 Å². The lowest BCUT2D eigenvalue weighted by atomic mass is 10.0. The Kier molecular flexibility index (Phi) is 5.22. The molecule has 0 bridgehead atoms. The van der Waals surface area contributed by atoms with Crippen molar-refractivity contribution in [1.82, 2.24) is 4.90 Å². The molecular formula is C21H23BrN2O3S. The van der Waals surface area contributed by atoms with E-state index in [-0.39, 0.29) is 16.8 Å². The fourth-order valence-corrected chi connectivity index (χ4v) is 5.13. The maximum atomic E-state index is 13.0. The Morgan fingerprint density at radius 2 is 1.68 bits per heavy atom. The van der Waals surface area contributed by atoms with Crippen molar-refractivity contribution in [2.45, 2.75) is 36.6 Å². The summed E-state index contributed by atoms with van der Waals surface area (Å²) in [5.74, 6) is 1.10. The first-order valence-corrected chi connectivity index (χ1v) is 11.8. The van der Waals surface area contributed by atoms with E-state index >= 15 is 0 Å². The second-order valence-corrected chi connectivity index (χ2v) is 10.3. The van der Waals surface area contributed by atoms with Gasteiger partial charge in [-0.3, -0.25) is 9.52 Å². The second-order valence-electron chi connectivity index (χ2n) is 7.72. The first kappa shape index (κ1) is 19.5. The first-order chi connectivity index (χ1) is 13.3. The molecule has 2 aromatic rings. The van der Waals surface area contributed by atoms with Gasteiger partial charge in [-0.05, 0) is 80.0 Å². The predicted molar refractivity (Wildman–Crippen MR) is 113 cm³/mol. The second kappa shape index (κ2) is 7.52. The normalized spacial score (nSPS) is 16.8. The summed E-state index contributed by atoms with van der Waals surface area (Å²) in [6, 6.07) is 13.5. The first-order valence-electron chi connectivity index (χ1n) is 9.51. The summed E-state index contributed by atoms with van der Waals surface area (Å²) in [7, 11) is -1.92. The van der Waals surface area contributed by atoms with Gasteiger partial charge < -0.3 is 4.90 Å². The number of carbonyl (C=O) groups is 1. The van der Waals surface area contributed by atoms with Gasteiger partial charge in [-0.15, -0.1) is 0 Å². The summed E-state index contributed by atoms with van der Waals surface area (Å²) < 4.78 is 28.9. The molecule has 1 amide bonds. The van der Waals surface area contributed by atoms with Crippen LogP contribution < -0.4 is 4.72 Å². The Hall–Kier alpha value is -1.86. The number of hydrogen-bond acceptors (Lipinski definition) is 3. The summed E-state index contributed by atoms with van der Waals surface area (Å²) in [4.78, 5) is 15.0. The van der Waals surface area contributed by atoms with Gasteiger partial charge in [0.25, 0.3) is 15.9 Å². The Morgan fingerprint density at radius 1 is 1.07 bits per heavy atom. The molecule has 0 atom stereocenters. The minimum Gasteiger partial charge on any atom is -0.338 e. The Morgan fingerprint density at radius 3 is 2.25 bits per heavy atom. The zero-order valence-corrected chi connectivity index (χ0v) is 18.0. The van der Waals surface area contributed by atoms with Crippen LogP contribution >= 0.6 is 15.9 Å². The number of nitrogens with zero attached hydrogens (tertiary/aromatic N) is 1. The maximum Gasteiger partial charge on any atom is 0.261 e. The Labute approximate surface area is 174 Å². The summed E-state index contributed by atoms with van der Waals surface area (Å²) in [6.07, 6.45) is 4.74. The molecule has 5 nitrogen and oxygen atoms in total. The smallest absolute Gasteiger partial charge is 0.261 e. The summed E-state index contributed by atoms with van der Waals surface area (Å²) in [5.41, 5.74) is 0.882. The molecule has 7 heteroatoms. The average Bonchev–Trinajstić information content (AvgIpc) is 3.58. The van der Waals surface area contributed by atoms with Gasteiger partial charge in [0.1, 0.15) is 0 Å². The summed E-state index contributed by atoms with van der Waals surface area (Å²) in [6.45, 7) is 0. The zero-order valence-electron chi connectivity index (χ0n) is 15.6. The summed E-state index contributed by atoms with van der Waals surface area (Å²) >= 11 is 3.33. The molecule has 0 aromatic heterocycles. The van der Waals surface area contributed by atoms with Crippen LogP contribution in [-0.4, -0.2) is 32.3 Å². The molecule has 148 valence electrons. The van der Waals surface area contributed by atoms with Crippen molar-refractivity contribution in [1.29, 1.82) is 0 Å². The molecule has 0 saturated heterocycles. The minimum atomic E-state index is -3.77. The van der Waals surface area contributed by atoms with Crippen molar-refractivity contribution in [3.05, 3.63) is 58.6 Å². The van der Waals surface area contributed by atoms with Gasteiger partial charge in [-0.2, -0.15) is 0 Å². The molecule has 2 aromatic carbocycles. The van der Waals surface area contributed by atoms with Crippen LogP contribution in [0.3, 0.4) is 0 Å². The molecule has 1 N–H and O–H groups in total. The Balaban J connectivity index is 1.54. The number of rotatable bonds is 7. The molecule has 0 aliphatic heterocycles. The van der Waals surface area contributed by atoms with Crippen molar-refractivity contribution >= 4 is 37.5 Å². The van der Waals surface area contributed by atoms with Gasteiger partial charge in [0, 0.05) is 28.8 Å². The molecule has 0 heterocycles. The number of benzene rings is 2. The number of halogens is 1. The molecule has 28 heavy (non-hydrogen) atoms. The van der Waals surface area contributed by atoms with Crippen molar-refractivity contribution in [3.8, 4) is 0 Å². The van der Waals surface area contributed by atoms with E-state index in [4.69, 9.17) is 0 Å². The summed E-state index contributed by atoms with van der Waals surface area (Å²) in [5, 5.41) is 0. The van der Waals surface area contributed by atoms with Gasteiger partial charge in [-0.1, -0.05) is 22.0 Å². The molecule has 2 fully saturated rings. The standard InChI is InChI=1S/C21H23BrN2O3S/c1-24(20(14-5-6-14)15-7-8-15)21(25)16-3-2-4-19(13-16)28(26,27)23-18-11-9-17(22)10-12-18/h2-4,9-15,20,23H,5-8H2,1H3. The monoisotopic (exact) mass is 462 g/mol. The lowest BCUT2D eigenvalue weighted by Gasteiger charge is -2.28. The maximum absolute atomic E-state index is 13.0. The molecule has 0 spiro atoms. The highest BCUT2D eigenvalue weighted by Gasteiger charge is 2.45. The van der Waals surface area contributed by atoms with Crippen LogP contribution in [0.5, 0.6) is 0 Å². The largest absolute Gasteiger partial charge is 0.338 e. The highest BCUT2D eigenvalue weighted by Crippen LogP contribution is 2.47. The van der Waals surface area contributed by atoms with E-state index in [1.54, 1.807) is 36.4 Å². The Bertz CT molecular complexity index is 971. The van der Waals surface area contributed by atoms with Crippen LogP contribution in [0.2, 0.25) is 0 Å². The van der Waals surface area contributed by atoms with Crippen LogP contribution in [0.1, 0.15) is 36.0 Å². The quantitative estimate of drug-likeness (QED) is 0.657. The third kappa shape index (κ3) is 4.25. The predicted octanol–water partition coefficient (Wildman–Crippen LogP) is 4.51. The van der Waals surface area contributed by atoms with E-state index in [0.29, 0.717) is 23.1 Å². The van der Waals surface area contributed by atoms with E-state index in [1.165, 1.54) is 37.8 Å². The number of amides is 1. The van der Waals surface area contributed by atoms with Crippen LogP contribution in [-0.2, 0) is 10.0 Å². The highest BCUT2D eigenvalue weighted by molar-refractivity contribution is 9.10. The minimum absolute atomic E-state index is 0.0871. The van der Waals surface area contributed by atoms with E-state index in [0.717, 1.165) is 4.47 Å². The average molecular weight is 463 g/mol. The molecule has 4 rings (SSSR count). The lowest BCUT2D eigenvalue weighted by molar-refractivity contribution is 0.0689. The van der Waals surface area contributed by atoms with Crippen LogP contribution in [0.25, 0.3) is 0 Å². The SMILES string of the molecule is CN(C(=O)c1cccc(S(=O)(=O)Nc2ccc(Br)cc2)c1)C(C1CC1)C1CC1. The number of hydrogen-bond donors (Lipinski definition) is 1. The molecule has 2 aliphatic carbocycles. The van der Waals surface area contributed by atoms with Crippen molar-refractivity contribution in [2.24, 2.45) is 11.8 Å². The van der Waals surface area contributed by atoms with Gasteiger partial charge in [0.15, 0.2) is 0 Å². The van der Waals surface area contributed by atoms with Gasteiger partial charge >= 0.3 is 0 Å². The lowest BCUT2D eigenvalue weighted by Crippen LogP contribution is -2.40. The highest BCUT2D eigenvalue weighted by atomic mass is 79.9. The molecule has 0 unspecified atom stereocenters. The van der Waals surface area contributed by atoms with Crippen LogP contribution in [0, 0.1) is 11.8 Å². The van der Waals surface area contributed by atoms with Crippen molar-refractivity contribution in [3.63, 3.8) is 0 Å². The van der Waals surface area contributed by atoms with Gasteiger partial charge in [0.2, 0.25) is 0 Å². The van der Waals surface area contributed by atoms with Crippen LogP contribution in [0.4, 0.5) is 5.69 Å². The zero-order chi connectivity index (χ0) is 19.9. The van der Waals surface area contributed by atoms with Crippen molar-refractivity contribution < 1.29 is 13.2 Å².